The van der Waals surface area contributed by atoms with E-state index in [-0.39, 0.29) is 5.91 Å². The van der Waals surface area contributed by atoms with Crippen molar-refractivity contribution in [1.29, 1.82) is 0 Å². The molecule has 2 aromatic rings. The number of H-pyrrole nitrogens is 1. The summed E-state index contributed by atoms with van der Waals surface area (Å²) in [6.07, 6.45) is 4.75. The van der Waals surface area contributed by atoms with E-state index < -0.39 is 0 Å². The average molecular weight is 256 g/mol. The topological polar surface area (TPSA) is 36.1 Å². The van der Waals surface area contributed by atoms with Gasteiger partial charge in [-0.05, 0) is 37.5 Å². The normalized spacial score (nSPS) is 16.6. The van der Waals surface area contributed by atoms with E-state index in [1.54, 1.807) is 0 Å². The van der Waals surface area contributed by atoms with Gasteiger partial charge in [-0.15, -0.1) is 0 Å². The molecule has 19 heavy (non-hydrogen) atoms. The van der Waals surface area contributed by atoms with E-state index in [1.807, 2.05) is 11.0 Å². The van der Waals surface area contributed by atoms with Crippen LogP contribution < -0.4 is 0 Å². The van der Waals surface area contributed by atoms with Crippen LogP contribution in [0, 0.1) is 6.92 Å². The van der Waals surface area contributed by atoms with Crippen LogP contribution in [-0.2, 0) is 0 Å². The Labute approximate surface area is 113 Å². The standard InChI is InChI=1S/C16H20N2O/c1-12-6-7-13-11-15(17-14(13)10-12)16(19)18-8-4-2-3-5-9-18/h6-7,10-11,17H,2-5,8-9H2,1H3. The molecular formula is C16H20N2O. The second-order valence-corrected chi connectivity index (χ2v) is 5.48. The van der Waals surface area contributed by atoms with Crippen molar-refractivity contribution in [3.8, 4) is 0 Å². The number of benzene rings is 1. The molecule has 1 fully saturated rings. The van der Waals surface area contributed by atoms with Crippen LogP contribution in [-0.4, -0.2) is 28.9 Å². The molecule has 0 saturated carbocycles. The van der Waals surface area contributed by atoms with Gasteiger partial charge in [0.05, 0.1) is 0 Å². The van der Waals surface area contributed by atoms with Gasteiger partial charge >= 0.3 is 0 Å². The Morgan fingerprint density at radius 2 is 1.84 bits per heavy atom. The van der Waals surface area contributed by atoms with E-state index in [9.17, 15) is 4.79 Å². The lowest BCUT2D eigenvalue weighted by atomic mass is 10.2. The number of rotatable bonds is 1. The maximum atomic E-state index is 12.5. The average Bonchev–Trinajstić information content (AvgIpc) is 2.64. The van der Waals surface area contributed by atoms with Crippen molar-refractivity contribution in [3.63, 3.8) is 0 Å². The second kappa shape index (κ2) is 5.08. The SMILES string of the molecule is Cc1ccc2cc(C(=O)N3CCCCCC3)[nH]c2c1. The molecule has 2 heterocycles. The molecule has 1 aliphatic rings. The number of carbonyl (C=O) groups is 1. The summed E-state index contributed by atoms with van der Waals surface area (Å²) in [6.45, 7) is 3.86. The number of fused-ring (bicyclic) bond motifs is 1. The van der Waals surface area contributed by atoms with Crippen LogP contribution in [0.5, 0.6) is 0 Å². The quantitative estimate of drug-likeness (QED) is 0.833. The fourth-order valence-electron chi connectivity index (χ4n) is 2.80. The van der Waals surface area contributed by atoms with E-state index in [0.29, 0.717) is 0 Å². The molecule has 3 rings (SSSR count). The van der Waals surface area contributed by atoms with Gasteiger partial charge < -0.3 is 9.88 Å². The van der Waals surface area contributed by atoms with Gasteiger partial charge in [-0.1, -0.05) is 25.0 Å². The molecule has 1 aromatic carbocycles. The third-order valence-electron chi connectivity index (χ3n) is 3.90. The summed E-state index contributed by atoms with van der Waals surface area (Å²) in [5.74, 6) is 0.149. The molecule has 1 N–H and O–H groups in total. The minimum Gasteiger partial charge on any atom is -0.351 e. The number of aromatic nitrogens is 1. The van der Waals surface area contributed by atoms with E-state index in [2.05, 4.69) is 30.1 Å². The van der Waals surface area contributed by atoms with Crippen molar-refractivity contribution >= 4 is 16.8 Å². The molecule has 0 radical (unpaired) electrons. The van der Waals surface area contributed by atoms with Gasteiger partial charge in [0.2, 0.25) is 0 Å². The smallest absolute Gasteiger partial charge is 0.270 e. The van der Waals surface area contributed by atoms with Gasteiger partial charge in [-0.3, -0.25) is 4.79 Å². The number of likely N-dealkylation sites (tertiary alicyclic amines) is 1. The summed E-state index contributed by atoms with van der Waals surface area (Å²) in [5, 5.41) is 1.11. The lowest BCUT2D eigenvalue weighted by Crippen LogP contribution is -2.32. The molecule has 0 aliphatic carbocycles. The predicted molar refractivity (Wildman–Crippen MR) is 77.4 cm³/mol. The summed E-state index contributed by atoms with van der Waals surface area (Å²) >= 11 is 0. The van der Waals surface area contributed by atoms with Gasteiger partial charge in [0.25, 0.3) is 5.91 Å². The molecule has 0 unspecified atom stereocenters. The molecule has 100 valence electrons. The number of nitrogens with zero attached hydrogens (tertiary/aromatic N) is 1. The van der Waals surface area contributed by atoms with Gasteiger partial charge in [0.15, 0.2) is 0 Å². The predicted octanol–water partition coefficient (Wildman–Crippen LogP) is 3.49. The maximum absolute atomic E-state index is 12.5. The molecular weight excluding hydrogens is 236 g/mol. The van der Waals surface area contributed by atoms with Crippen LogP contribution in [0.3, 0.4) is 0 Å². The summed E-state index contributed by atoms with van der Waals surface area (Å²) in [5.41, 5.74) is 2.99. The lowest BCUT2D eigenvalue weighted by Gasteiger charge is -2.19. The van der Waals surface area contributed by atoms with E-state index in [4.69, 9.17) is 0 Å². The fraction of sp³-hybridized carbons (Fsp3) is 0.438. The number of amides is 1. The van der Waals surface area contributed by atoms with Crippen molar-refractivity contribution in [2.45, 2.75) is 32.6 Å². The highest BCUT2D eigenvalue weighted by Crippen LogP contribution is 2.19. The monoisotopic (exact) mass is 256 g/mol. The van der Waals surface area contributed by atoms with Crippen molar-refractivity contribution in [2.24, 2.45) is 0 Å². The Hall–Kier alpha value is -1.77. The van der Waals surface area contributed by atoms with Crippen LogP contribution in [0.2, 0.25) is 0 Å². The first-order chi connectivity index (χ1) is 9.24. The summed E-state index contributed by atoms with van der Waals surface area (Å²) < 4.78 is 0. The Morgan fingerprint density at radius 1 is 1.11 bits per heavy atom. The van der Waals surface area contributed by atoms with Crippen molar-refractivity contribution in [1.82, 2.24) is 9.88 Å². The van der Waals surface area contributed by atoms with Crippen LogP contribution in [0.1, 0.15) is 41.7 Å². The summed E-state index contributed by atoms with van der Waals surface area (Å²) in [7, 11) is 0. The first-order valence-electron chi connectivity index (χ1n) is 7.13. The van der Waals surface area contributed by atoms with Crippen molar-refractivity contribution in [2.75, 3.05) is 13.1 Å². The third kappa shape index (κ3) is 2.50. The Kier molecular flexibility index (Phi) is 3.28. The number of hydrogen-bond acceptors (Lipinski definition) is 1. The van der Waals surface area contributed by atoms with Gasteiger partial charge in [-0.25, -0.2) is 0 Å². The molecule has 3 heteroatoms. The van der Waals surface area contributed by atoms with E-state index >= 15 is 0 Å². The molecule has 0 spiro atoms. The zero-order chi connectivity index (χ0) is 13.2. The highest BCUT2D eigenvalue weighted by Gasteiger charge is 2.18. The zero-order valence-corrected chi connectivity index (χ0v) is 11.4. The van der Waals surface area contributed by atoms with Crippen molar-refractivity contribution in [3.05, 3.63) is 35.5 Å². The second-order valence-electron chi connectivity index (χ2n) is 5.48. The summed E-state index contributed by atoms with van der Waals surface area (Å²) in [6, 6.07) is 8.22. The highest BCUT2D eigenvalue weighted by molar-refractivity contribution is 5.98. The Balaban J connectivity index is 1.88. The first-order valence-corrected chi connectivity index (χ1v) is 7.13. The molecule has 1 saturated heterocycles. The number of aromatic amines is 1. The van der Waals surface area contributed by atoms with Gasteiger partial charge in [-0.2, -0.15) is 0 Å². The first kappa shape index (κ1) is 12.3. The molecule has 0 bridgehead atoms. The molecule has 1 aromatic heterocycles. The minimum atomic E-state index is 0.149. The molecule has 3 nitrogen and oxygen atoms in total. The summed E-state index contributed by atoms with van der Waals surface area (Å²) in [4.78, 5) is 17.8. The van der Waals surface area contributed by atoms with Crippen LogP contribution >= 0.6 is 0 Å². The largest absolute Gasteiger partial charge is 0.351 e. The zero-order valence-electron chi connectivity index (χ0n) is 11.4. The molecule has 0 atom stereocenters. The van der Waals surface area contributed by atoms with Crippen LogP contribution in [0.25, 0.3) is 10.9 Å². The number of aryl methyl sites for hydroxylation is 1. The molecule has 1 aliphatic heterocycles. The van der Waals surface area contributed by atoms with Gasteiger partial charge in [0, 0.05) is 24.0 Å². The Morgan fingerprint density at radius 3 is 2.58 bits per heavy atom. The van der Waals surface area contributed by atoms with E-state index in [1.165, 1.54) is 18.4 Å². The maximum Gasteiger partial charge on any atom is 0.270 e. The molecule has 1 amide bonds. The number of nitrogens with one attached hydrogen (secondary N) is 1. The Bertz CT molecular complexity index is 592. The van der Waals surface area contributed by atoms with Crippen molar-refractivity contribution < 1.29 is 4.79 Å². The van der Waals surface area contributed by atoms with Crippen LogP contribution in [0.15, 0.2) is 24.3 Å². The third-order valence-corrected chi connectivity index (χ3v) is 3.90. The number of hydrogen-bond donors (Lipinski definition) is 1. The van der Waals surface area contributed by atoms with E-state index in [0.717, 1.165) is 42.5 Å². The van der Waals surface area contributed by atoms with Crippen LogP contribution in [0.4, 0.5) is 0 Å². The number of carbonyl (C=O) groups excluding carboxylic acids is 1. The highest BCUT2D eigenvalue weighted by atomic mass is 16.2. The minimum absolute atomic E-state index is 0.149. The lowest BCUT2D eigenvalue weighted by molar-refractivity contribution is 0.0757. The van der Waals surface area contributed by atoms with Gasteiger partial charge in [0.1, 0.15) is 5.69 Å². The fourth-order valence-corrected chi connectivity index (χ4v) is 2.80.